The molecule has 0 saturated heterocycles. The van der Waals surface area contributed by atoms with E-state index >= 15 is 0 Å². The summed E-state index contributed by atoms with van der Waals surface area (Å²) in [6.45, 7) is -0.278. The van der Waals surface area contributed by atoms with Gasteiger partial charge in [-0.1, -0.05) is 0 Å². The van der Waals surface area contributed by atoms with E-state index in [4.69, 9.17) is 5.11 Å². The molecule has 0 aliphatic heterocycles. The molecule has 0 rings (SSSR count). The predicted molar refractivity (Wildman–Crippen MR) is 15.3 cm³/mol. The second kappa shape index (κ2) is 2.82. The summed E-state index contributed by atoms with van der Waals surface area (Å²) in [5, 5.41) is 7.58. The van der Waals surface area contributed by atoms with E-state index in [1.807, 2.05) is 0 Å². The van der Waals surface area contributed by atoms with Gasteiger partial charge in [0.1, 0.15) is 0 Å². The topological polar surface area (TPSA) is 32.6 Å². The molecule has 0 aromatic heterocycles. The Morgan fingerprint density at radius 2 is 2.25 bits per heavy atom. The molecular formula is CH3BNO. The molecule has 1 N–H and O–H groups in total. The average molecular weight is 55.9 g/mol. The fourth-order valence-electron chi connectivity index (χ4n) is 0. The first kappa shape index (κ1) is 3.82. The summed E-state index contributed by atoms with van der Waals surface area (Å²) in [6.07, 6.45) is 0. The van der Waals surface area contributed by atoms with Gasteiger partial charge in [0.15, 0.2) is 0 Å². The molecule has 0 saturated carbocycles. The molecule has 0 heterocycles. The summed E-state index contributed by atoms with van der Waals surface area (Å²) in [5.74, 6) is 0. The molecule has 0 aliphatic carbocycles. The average Bonchev–Trinajstić information content (AvgIpc) is 1.37. The molecule has 0 atom stereocenters. The molecule has 0 aromatic rings. The summed E-state index contributed by atoms with van der Waals surface area (Å²) >= 11 is 0. The van der Waals surface area contributed by atoms with Gasteiger partial charge in [0.25, 0.3) is 0 Å². The SMILES string of the molecule is [B]=NCO. The minimum absolute atomic E-state index is 0.278. The van der Waals surface area contributed by atoms with E-state index in [1.54, 1.807) is 0 Å². The summed E-state index contributed by atoms with van der Waals surface area (Å²) in [7, 11) is 4.40. The standard InChI is InChI=1S/CH3BNO/c2-3-1-4/h4H,1H2. The van der Waals surface area contributed by atoms with Crippen molar-refractivity contribution in [3.8, 4) is 0 Å². The van der Waals surface area contributed by atoms with Crippen molar-refractivity contribution in [2.45, 2.75) is 0 Å². The van der Waals surface area contributed by atoms with Crippen LogP contribution in [0, 0.1) is 0 Å². The normalized spacial score (nSPS) is 6.00. The molecule has 0 aromatic carbocycles. The van der Waals surface area contributed by atoms with Crippen LogP contribution in [0.15, 0.2) is 4.90 Å². The molecule has 3 heteroatoms. The summed E-state index contributed by atoms with van der Waals surface area (Å²) in [5.41, 5.74) is 0. The Bertz CT molecular complexity index is 22.0. The number of hydrogen-bond acceptors (Lipinski definition) is 2. The van der Waals surface area contributed by atoms with Gasteiger partial charge < -0.3 is 0 Å². The Labute approximate surface area is 25.6 Å². The van der Waals surface area contributed by atoms with E-state index in [1.165, 1.54) is 0 Å². The number of aliphatic hydroxyl groups excluding tert-OH is 1. The van der Waals surface area contributed by atoms with E-state index in [0.717, 1.165) is 0 Å². The van der Waals surface area contributed by atoms with Crippen LogP contribution in [0.25, 0.3) is 0 Å². The zero-order valence-electron chi connectivity index (χ0n) is 2.18. The molecule has 0 bridgehead atoms. The fourth-order valence-corrected chi connectivity index (χ4v) is 0. The van der Waals surface area contributed by atoms with Gasteiger partial charge in [-0.25, -0.2) is 0 Å². The summed E-state index contributed by atoms with van der Waals surface area (Å²) < 4.78 is 0. The van der Waals surface area contributed by atoms with Crippen molar-refractivity contribution in [3.05, 3.63) is 0 Å². The zero-order valence-corrected chi connectivity index (χ0v) is 2.18. The molecule has 0 amide bonds. The van der Waals surface area contributed by atoms with Crippen LogP contribution in [-0.2, 0) is 0 Å². The van der Waals surface area contributed by atoms with Crippen molar-refractivity contribution >= 4 is 7.64 Å². The third kappa shape index (κ3) is 1.82. The molecule has 1 radical (unpaired) electrons. The molecule has 2 nitrogen and oxygen atoms in total. The van der Waals surface area contributed by atoms with E-state index in [2.05, 4.69) is 12.5 Å². The second-order valence-electron chi connectivity index (χ2n) is 0.324. The Hall–Kier alpha value is -0.175. The number of hydrogen-bond donors (Lipinski definition) is 1. The number of nitrogens with zero attached hydrogens (tertiary/aromatic N) is 1. The van der Waals surface area contributed by atoms with E-state index in [9.17, 15) is 0 Å². The maximum atomic E-state index is 7.58. The van der Waals surface area contributed by atoms with Gasteiger partial charge in [-0.15, -0.1) is 0 Å². The van der Waals surface area contributed by atoms with Gasteiger partial charge >= 0.3 is 24.4 Å². The minimum atomic E-state index is -0.278. The van der Waals surface area contributed by atoms with E-state index in [-0.39, 0.29) is 6.73 Å². The van der Waals surface area contributed by atoms with Crippen LogP contribution >= 0.6 is 0 Å². The molecule has 0 aliphatic rings. The number of rotatable bonds is 1. The Morgan fingerprint density at radius 3 is 2.25 bits per heavy atom. The maximum absolute atomic E-state index is 7.58. The van der Waals surface area contributed by atoms with Crippen molar-refractivity contribution < 1.29 is 5.11 Å². The first-order valence-corrected chi connectivity index (χ1v) is 0.891. The first-order valence-electron chi connectivity index (χ1n) is 0.891. The van der Waals surface area contributed by atoms with E-state index in [0.29, 0.717) is 0 Å². The van der Waals surface area contributed by atoms with Crippen LogP contribution in [0.5, 0.6) is 0 Å². The van der Waals surface area contributed by atoms with Crippen LogP contribution in [0.4, 0.5) is 0 Å². The van der Waals surface area contributed by atoms with Crippen molar-refractivity contribution in [2.24, 2.45) is 4.90 Å². The zero-order chi connectivity index (χ0) is 3.41. The Balaban J connectivity index is 2.30. The fraction of sp³-hybridized carbons (Fsp3) is 1.00. The molecule has 0 spiro atoms. The molecule has 0 fully saturated rings. The third-order valence-corrected chi connectivity index (χ3v) is 0.0816. The van der Waals surface area contributed by atoms with Gasteiger partial charge in [-0.2, -0.15) is 0 Å². The molecular weight excluding hydrogens is 52.8 g/mol. The van der Waals surface area contributed by atoms with Crippen molar-refractivity contribution in [1.82, 2.24) is 0 Å². The first-order chi connectivity index (χ1) is 1.91. The van der Waals surface area contributed by atoms with Crippen LogP contribution < -0.4 is 0 Å². The van der Waals surface area contributed by atoms with Gasteiger partial charge in [-0.3, -0.25) is 0 Å². The van der Waals surface area contributed by atoms with Crippen LogP contribution in [0.2, 0.25) is 0 Å². The number of aliphatic hydroxyl groups is 1. The van der Waals surface area contributed by atoms with Gasteiger partial charge in [-0.05, 0) is 0 Å². The molecule has 4 heavy (non-hydrogen) atoms. The second-order valence-corrected chi connectivity index (χ2v) is 0.324. The Kier molecular flexibility index (Phi) is 2.70. The van der Waals surface area contributed by atoms with Crippen molar-refractivity contribution in [3.63, 3.8) is 0 Å². The summed E-state index contributed by atoms with van der Waals surface area (Å²) in [6, 6.07) is 0. The van der Waals surface area contributed by atoms with E-state index < -0.39 is 0 Å². The van der Waals surface area contributed by atoms with Crippen LogP contribution in [0.3, 0.4) is 0 Å². The van der Waals surface area contributed by atoms with Gasteiger partial charge in [0.2, 0.25) is 0 Å². The molecule has 21 valence electrons. The quantitative estimate of drug-likeness (QED) is 0.395. The van der Waals surface area contributed by atoms with Crippen LogP contribution in [-0.4, -0.2) is 19.5 Å². The van der Waals surface area contributed by atoms with Crippen molar-refractivity contribution in [1.29, 1.82) is 0 Å². The van der Waals surface area contributed by atoms with Crippen molar-refractivity contribution in [2.75, 3.05) is 6.73 Å². The summed E-state index contributed by atoms with van der Waals surface area (Å²) in [4.78, 5) is 2.79. The molecule has 0 unspecified atom stereocenters. The third-order valence-electron chi connectivity index (χ3n) is 0.0816. The van der Waals surface area contributed by atoms with Crippen LogP contribution in [0.1, 0.15) is 0 Å². The van der Waals surface area contributed by atoms with Gasteiger partial charge in [0.05, 0.1) is 0 Å². The predicted octanol–water partition coefficient (Wildman–Crippen LogP) is -0.712. The Morgan fingerprint density at radius 1 is 2.00 bits per heavy atom. The monoisotopic (exact) mass is 56.0 g/mol. The van der Waals surface area contributed by atoms with Gasteiger partial charge in [0, 0.05) is 0 Å².